The molecule has 0 rings (SSSR count). The van der Waals surface area contributed by atoms with Crippen LogP contribution in [-0.4, -0.2) is 20.5 Å². The first-order valence-electron chi connectivity index (χ1n) is 1.77. The molecule has 0 aromatic carbocycles. The summed E-state index contributed by atoms with van der Waals surface area (Å²) < 4.78 is 19.9. The van der Waals surface area contributed by atoms with Gasteiger partial charge in [-0.3, -0.25) is 4.55 Å². The molecule has 0 aromatic heterocycles. The minimum absolute atomic E-state index is 0.250. The summed E-state index contributed by atoms with van der Waals surface area (Å²) in [4.78, 5) is 0. The SMILES string of the molecule is CCO.NOS(=O)O. The molecule has 0 aliphatic carbocycles. The van der Waals surface area contributed by atoms with Crippen LogP contribution in [0.4, 0.5) is 0 Å². The molecule has 0 aliphatic heterocycles. The van der Waals surface area contributed by atoms with E-state index in [2.05, 4.69) is 10.2 Å². The van der Waals surface area contributed by atoms with Gasteiger partial charge in [-0.1, -0.05) is 0 Å². The molecule has 0 heterocycles. The van der Waals surface area contributed by atoms with E-state index in [1.807, 2.05) is 0 Å². The quantitative estimate of drug-likeness (QED) is 0.324. The maximum Gasteiger partial charge on any atom is 0.319 e. The van der Waals surface area contributed by atoms with Gasteiger partial charge in [-0.15, -0.1) is 0 Å². The fourth-order valence-electron chi connectivity index (χ4n) is 0. The van der Waals surface area contributed by atoms with Gasteiger partial charge in [-0.05, 0) is 6.92 Å². The molecule has 6 heteroatoms. The molecule has 8 heavy (non-hydrogen) atoms. The van der Waals surface area contributed by atoms with E-state index >= 15 is 0 Å². The number of aliphatic hydroxyl groups excluding tert-OH is 1. The zero-order valence-electron chi connectivity index (χ0n) is 4.40. The highest BCUT2D eigenvalue weighted by Gasteiger charge is 1.76. The molecule has 0 spiro atoms. The van der Waals surface area contributed by atoms with Gasteiger partial charge in [-0.2, -0.15) is 14.4 Å². The Kier molecular flexibility index (Phi) is 13.7. The molecule has 0 bridgehead atoms. The molecule has 0 radical (unpaired) electrons. The average Bonchev–Trinajstić information content (AvgIpc) is 1.69. The summed E-state index contributed by atoms with van der Waals surface area (Å²) in [5.41, 5.74) is 0. The van der Waals surface area contributed by atoms with Crippen molar-refractivity contribution in [3.05, 3.63) is 0 Å². The van der Waals surface area contributed by atoms with Gasteiger partial charge in [0.15, 0.2) is 0 Å². The van der Waals surface area contributed by atoms with Crippen molar-refractivity contribution in [2.75, 3.05) is 6.61 Å². The second kappa shape index (κ2) is 10.1. The largest absolute Gasteiger partial charge is 0.397 e. The van der Waals surface area contributed by atoms with E-state index in [9.17, 15) is 0 Å². The van der Waals surface area contributed by atoms with E-state index in [1.54, 1.807) is 6.92 Å². The Morgan fingerprint density at radius 3 is 2.00 bits per heavy atom. The summed E-state index contributed by atoms with van der Waals surface area (Å²) in [7, 11) is 0. The van der Waals surface area contributed by atoms with Gasteiger partial charge in [0.2, 0.25) is 0 Å². The molecule has 0 aliphatic rings. The zero-order valence-corrected chi connectivity index (χ0v) is 5.22. The van der Waals surface area contributed by atoms with Crippen LogP contribution in [0.1, 0.15) is 6.92 Å². The van der Waals surface area contributed by atoms with Crippen LogP contribution >= 0.6 is 0 Å². The van der Waals surface area contributed by atoms with Gasteiger partial charge < -0.3 is 5.11 Å². The molecule has 52 valence electrons. The van der Waals surface area contributed by atoms with E-state index in [1.165, 1.54) is 0 Å². The number of nitrogens with two attached hydrogens (primary N) is 1. The lowest BCUT2D eigenvalue weighted by Gasteiger charge is -1.75. The maximum atomic E-state index is 9.13. The zero-order chi connectivity index (χ0) is 6.99. The van der Waals surface area contributed by atoms with Crippen LogP contribution in [0.5, 0.6) is 0 Å². The summed E-state index contributed by atoms with van der Waals surface area (Å²) in [6, 6.07) is 0. The highest BCUT2D eigenvalue weighted by molar-refractivity contribution is 7.74. The summed E-state index contributed by atoms with van der Waals surface area (Å²) in [6.07, 6.45) is 0. The first kappa shape index (κ1) is 10.9. The Balaban J connectivity index is 0. The Labute approximate surface area is 49.9 Å². The van der Waals surface area contributed by atoms with Crippen LogP contribution in [0, 0.1) is 0 Å². The molecule has 5 nitrogen and oxygen atoms in total. The topological polar surface area (TPSA) is 92.8 Å². The van der Waals surface area contributed by atoms with Crippen molar-refractivity contribution in [1.82, 2.24) is 0 Å². The van der Waals surface area contributed by atoms with Gasteiger partial charge >= 0.3 is 11.4 Å². The van der Waals surface area contributed by atoms with Crippen LogP contribution < -0.4 is 5.90 Å². The van der Waals surface area contributed by atoms with Crippen LogP contribution in [0.15, 0.2) is 0 Å². The van der Waals surface area contributed by atoms with Crippen molar-refractivity contribution in [1.29, 1.82) is 0 Å². The monoisotopic (exact) mass is 143 g/mol. The number of rotatable bonds is 1. The standard InChI is InChI=1S/C2H6O.H3NO3S/c1-2-3;1-4-5(2)3/h3H,2H2,1H3;1H2,(H,2,3). The highest BCUT2D eigenvalue weighted by atomic mass is 32.2. The molecule has 0 saturated heterocycles. The fraction of sp³-hybridized carbons (Fsp3) is 1.00. The Morgan fingerprint density at radius 2 is 2.00 bits per heavy atom. The minimum Gasteiger partial charge on any atom is -0.397 e. The van der Waals surface area contributed by atoms with Crippen LogP contribution in [0.25, 0.3) is 0 Å². The fourth-order valence-corrected chi connectivity index (χ4v) is 0. The minimum atomic E-state index is -2.29. The van der Waals surface area contributed by atoms with Gasteiger partial charge in [0.05, 0.1) is 0 Å². The third kappa shape index (κ3) is 37.7. The van der Waals surface area contributed by atoms with E-state index in [0.717, 1.165) is 0 Å². The number of aliphatic hydroxyl groups is 1. The second-order valence-electron chi connectivity index (χ2n) is 0.630. The summed E-state index contributed by atoms with van der Waals surface area (Å²) in [5, 5.41) is 7.57. The summed E-state index contributed by atoms with van der Waals surface area (Å²) in [6.45, 7) is 1.93. The lowest BCUT2D eigenvalue weighted by molar-refractivity contribution is 0.318. The van der Waals surface area contributed by atoms with Gasteiger partial charge in [-0.25, -0.2) is 0 Å². The molecule has 0 aromatic rings. The van der Waals surface area contributed by atoms with Gasteiger partial charge in [0.25, 0.3) is 0 Å². The third-order valence-electron chi connectivity index (χ3n) is 0.0823. The lowest BCUT2D eigenvalue weighted by atomic mass is 10.9. The average molecular weight is 143 g/mol. The van der Waals surface area contributed by atoms with Crippen molar-refractivity contribution in [2.45, 2.75) is 6.92 Å². The van der Waals surface area contributed by atoms with E-state index in [0.29, 0.717) is 0 Å². The first-order valence-corrected chi connectivity index (χ1v) is 2.81. The van der Waals surface area contributed by atoms with Crippen molar-refractivity contribution in [3.8, 4) is 0 Å². The smallest absolute Gasteiger partial charge is 0.319 e. The van der Waals surface area contributed by atoms with Crippen molar-refractivity contribution in [2.24, 2.45) is 5.90 Å². The number of hydrogen-bond acceptors (Lipinski definition) is 4. The molecular formula is C2H9NO4S. The predicted molar refractivity (Wildman–Crippen MR) is 28.8 cm³/mol. The lowest BCUT2D eigenvalue weighted by Crippen LogP contribution is -2.00. The highest BCUT2D eigenvalue weighted by Crippen LogP contribution is 1.58. The van der Waals surface area contributed by atoms with Gasteiger partial charge in [0, 0.05) is 6.61 Å². The second-order valence-corrected chi connectivity index (χ2v) is 1.26. The van der Waals surface area contributed by atoms with Crippen molar-refractivity contribution < 1.29 is 18.2 Å². The van der Waals surface area contributed by atoms with Crippen molar-refractivity contribution >= 4 is 11.4 Å². The molecule has 1 atom stereocenters. The molecule has 1 unspecified atom stereocenters. The van der Waals surface area contributed by atoms with E-state index < -0.39 is 11.4 Å². The third-order valence-corrected chi connectivity index (χ3v) is 0.247. The molecule has 0 saturated carbocycles. The summed E-state index contributed by atoms with van der Waals surface area (Å²) in [5.74, 6) is 4.12. The van der Waals surface area contributed by atoms with Gasteiger partial charge in [0.1, 0.15) is 0 Å². The molecule has 0 fully saturated rings. The predicted octanol–water partition coefficient (Wildman–Crippen LogP) is -0.988. The molecule has 0 amide bonds. The Hall–Kier alpha value is -0.0100. The van der Waals surface area contributed by atoms with Crippen LogP contribution in [0.3, 0.4) is 0 Å². The Bertz CT molecular complexity index is 58.0. The van der Waals surface area contributed by atoms with Crippen LogP contribution in [-0.2, 0) is 15.6 Å². The van der Waals surface area contributed by atoms with Crippen LogP contribution in [0.2, 0.25) is 0 Å². The first-order chi connectivity index (χ1) is 3.68. The van der Waals surface area contributed by atoms with E-state index in [-0.39, 0.29) is 6.61 Å². The van der Waals surface area contributed by atoms with Crippen molar-refractivity contribution in [3.63, 3.8) is 0 Å². The Morgan fingerprint density at radius 1 is 1.88 bits per heavy atom. The molecule has 4 N–H and O–H groups in total. The number of hydrogen-bond donors (Lipinski definition) is 3. The molecular weight excluding hydrogens is 134 g/mol. The normalized spacial score (nSPS) is 11.5. The summed E-state index contributed by atoms with van der Waals surface area (Å²) >= 11 is -2.29. The van der Waals surface area contributed by atoms with E-state index in [4.69, 9.17) is 13.9 Å². The maximum absolute atomic E-state index is 9.13.